The van der Waals surface area contributed by atoms with Crippen LogP contribution >= 0.6 is 0 Å². The molecule has 88 valence electrons. The van der Waals surface area contributed by atoms with E-state index in [2.05, 4.69) is 0 Å². The van der Waals surface area contributed by atoms with Gasteiger partial charge in [0.15, 0.2) is 0 Å². The summed E-state index contributed by atoms with van der Waals surface area (Å²) in [7, 11) is 0. The largest absolute Gasteiger partial charge is 0.462 e. The predicted octanol–water partition coefficient (Wildman–Crippen LogP) is 2.27. The summed E-state index contributed by atoms with van der Waals surface area (Å²) in [5.41, 5.74) is -0.556. The molecular formula is C12H22O3. The van der Waals surface area contributed by atoms with Gasteiger partial charge in [-0.2, -0.15) is 0 Å². The predicted molar refractivity (Wildman–Crippen MR) is 58.4 cm³/mol. The SMILES string of the molecule is CCC(C)C(=O)OC1CCC(C)(O)CC1. The second kappa shape index (κ2) is 4.97. The number of hydrogen-bond donors (Lipinski definition) is 1. The van der Waals surface area contributed by atoms with Crippen molar-refractivity contribution in [3.8, 4) is 0 Å². The topological polar surface area (TPSA) is 46.5 Å². The Hall–Kier alpha value is -0.570. The van der Waals surface area contributed by atoms with E-state index in [-0.39, 0.29) is 18.0 Å². The van der Waals surface area contributed by atoms with Crippen molar-refractivity contribution in [1.82, 2.24) is 0 Å². The van der Waals surface area contributed by atoms with Crippen LogP contribution < -0.4 is 0 Å². The summed E-state index contributed by atoms with van der Waals surface area (Å²) < 4.78 is 5.39. The highest BCUT2D eigenvalue weighted by Gasteiger charge is 2.30. The van der Waals surface area contributed by atoms with Gasteiger partial charge >= 0.3 is 5.97 Å². The number of carbonyl (C=O) groups excluding carboxylic acids is 1. The minimum absolute atomic E-state index is 0.00700. The molecule has 1 fully saturated rings. The van der Waals surface area contributed by atoms with Crippen molar-refractivity contribution < 1.29 is 14.6 Å². The first-order valence-corrected chi connectivity index (χ1v) is 5.87. The molecule has 1 atom stereocenters. The molecule has 1 rings (SSSR count). The molecule has 0 aliphatic heterocycles. The van der Waals surface area contributed by atoms with Gasteiger partial charge < -0.3 is 9.84 Å². The number of rotatable bonds is 3. The average Bonchev–Trinajstić information content (AvgIpc) is 2.20. The van der Waals surface area contributed by atoms with E-state index < -0.39 is 5.60 Å². The molecule has 0 radical (unpaired) electrons. The van der Waals surface area contributed by atoms with E-state index in [9.17, 15) is 9.90 Å². The maximum atomic E-state index is 11.5. The standard InChI is InChI=1S/C12H22O3/c1-4-9(2)11(13)15-10-5-7-12(3,14)8-6-10/h9-10,14H,4-8H2,1-3H3. The first-order chi connectivity index (χ1) is 6.94. The Morgan fingerprint density at radius 3 is 2.53 bits per heavy atom. The normalized spacial score (nSPS) is 33.5. The molecule has 0 aromatic carbocycles. The molecule has 0 aromatic heterocycles. The smallest absolute Gasteiger partial charge is 0.308 e. The van der Waals surface area contributed by atoms with Crippen molar-refractivity contribution in [2.24, 2.45) is 5.92 Å². The highest BCUT2D eigenvalue weighted by atomic mass is 16.5. The third-order valence-electron chi connectivity index (χ3n) is 3.31. The fourth-order valence-electron chi connectivity index (χ4n) is 1.78. The van der Waals surface area contributed by atoms with E-state index in [1.807, 2.05) is 20.8 Å². The number of esters is 1. The van der Waals surface area contributed by atoms with Gasteiger partial charge in [0.1, 0.15) is 6.10 Å². The monoisotopic (exact) mass is 214 g/mol. The van der Waals surface area contributed by atoms with Crippen LogP contribution in [0.5, 0.6) is 0 Å². The summed E-state index contributed by atoms with van der Waals surface area (Å²) in [4.78, 5) is 11.5. The Morgan fingerprint density at radius 1 is 1.53 bits per heavy atom. The molecule has 3 heteroatoms. The number of carbonyl (C=O) groups is 1. The van der Waals surface area contributed by atoms with Crippen LogP contribution in [0.25, 0.3) is 0 Å². The van der Waals surface area contributed by atoms with E-state index in [4.69, 9.17) is 4.74 Å². The Bertz CT molecular complexity index is 213. The van der Waals surface area contributed by atoms with Crippen molar-refractivity contribution in [3.63, 3.8) is 0 Å². The van der Waals surface area contributed by atoms with E-state index in [0.717, 1.165) is 32.1 Å². The second-order valence-electron chi connectivity index (χ2n) is 4.94. The van der Waals surface area contributed by atoms with E-state index >= 15 is 0 Å². The van der Waals surface area contributed by atoms with Crippen LogP contribution in [-0.4, -0.2) is 22.8 Å². The summed E-state index contributed by atoms with van der Waals surface area (Å²) in [6, 6.07) is 0. The Kier molecular flexibility index (Phi) is 4.14. The van der Waals surface area contributed by atoms with Gasteiger partial charge in [-0.05, 0) is 39.0 Å². The zero-order valence-electron chi connectivity index (χ0n) is 9.95. The van der Waals surface area contributed by atoms with E-state index in [1.54, 1.807) is 0 Å². The number of hydrogen-bond acceptors (Lipinski definition) is 3. The lowest BCUT2D eigenvalue weighted by molar-refractivity contribution is -0.157. The molecule has 0 spiro atoms. The molecule has 1 aliphatic rings. The van der Waals surface area contributed by atoms with Crippen molar-refractivity contribution in [2.75, 3.05) is 0 Å². The van der Waals surface area contributed by atoms with Gasteiger partial charge in [-0.3, -0.25) is 4.79 Å². The zero-order chi connectivity index (χ0) is 11.5. The number of aliphatic hydroxyl groups is 1. The summed E-state index contributed by atoms with van der Waals surface area (Å²) in [5.74, 6) is -0.100. The molecule has 0 saturated heterocycles. The van der Waals surface area contributed by atoms with Gasteiger partial charge in [-0.15, -0.1) is 0 Å². The summed E-state index contributed by atoms with van der Waals surface area (Å²) >= 11 is 0. The van der Waals surface area contributed by atoms with E-state index in [0.29, 0.717) is 0 Å². The Morgan fingerprint density at radius 2 is 2.07 bits per heavy atom. The van der Waals surface area contributed by atoms with Crippen molar-refractivity contribution in [1.29, 1.82) is 0 Å². The minimum atomic E-state index is -0.556. The van der Waals surface area contributed by atoms with Crippen LogP contribution in [0.2, 0.25) is 0 Å². The van der Waals surface area contributed by atoms with Crippen LogP contribution in [0.3, 0.4) is 0 Å². The molecule has 1 saturated carbocycles. The van der Waals surface area contributed by atoms with Gasteiger partial charge in [-0.1, -0.05) is 13.8 Å². The van der Waals surface area contributed by atoms with Gasteiger partial charge in [0.05, 0.1) is 11.5 Å². The maximum Gasteiger partial charge on any atom is 0.308 e. The van der Waals surface area contributed by atoms with Crippen LogP contribution in [0, 0.1) is 5.92 Å². The molecular weight excluding hydrogens is 192 g/mol. The highest BCUT2D eigenvalue weighted by Crippen LogP contribution is 2.29. The zero-order valence-corrected chi connectivity index (χ0v) is 9.95. The number of ether oxygens (including phenoxy) is 1. The lowest BCUT2D eigenvalue weighted by atomic mass is 9.85. The molecule has 1 N–H and O–H groups in total. The molecule has 0 aromatic rings. The molecule has 15 heavy (non-hydrogen) atoms. The highest BCUT2D eigenvalue weighted by molar-refractivity contribution is 5.72. The molecule has 0 bridgehead atoms. The fraction of sp³-hybridized carbons (Fsp3) is 0.917. The minimum Gasteiger partial charge on any atom is -0.462 e. The van der Waals surface area contributed by atoms with Crippen LogP contribution in [0.1, 0.15) is 52.9 Å². The van der Waals surface area contributed by atoms with Gasteiger partial charge in [0.25, 0.3) is 0 Å². The molecule has 0 amide bonds. The van der Waals surface area contributed by atoms with Crippen LogP contribution in [0.4, 0.5) is 0 Å². The first kappa shape index (κ1) is 12.5. The summed E-state index contributed by atoms with van der Waals surface area (Å²) in [5, 5.41) is 9.74. The van der Waals surface area contributed by atoms with Gasteiger partial charge in [0, 0.05) is 0 Å². The molecule has 3 nitrogen and oxygen atoms in total. The third-order valence-corrected chi connectivity index (χ3v) is 3.31. The molecule has 1 aliphatic carbocycles. The Balaban J connectivity index is 2.33. The first-order valence-electron chi connectivity index (χ1n) is 5.87. The quantitative estimate of drug-likeness (QED) is 0.733. The lowest BCUT2D eigenvalue weighted by Crippen LogP contribution is -2.35. The molecule has 1 unspecified atom stereocenters. The second-order valence-corrected chi connectivity index (χ2v) is 4.94. The van der Waals surface area contributed by atoms with Gasteiger partial charge in [-0.25, -0.2) is 0 Å². The van der Waals surface area contributed by atoms with Crippen molar-refractivity contribution >= 4 is 5.97 Å². The van der Waals surface area contributed by atoms with Crippen molar-refractivity contribution in [3.05, 3.63) is 0 Å². The van der Waals surface area contributed by atoms with Gasteiger partial charge in [0.2, 0.25) is 0 Å². The van der Waals surface area contributed by atoms with Crippen LogP contribution in [-0.2, 0) is 9.53 Å². The summed E-state index contributed by atoms with van der Waals surface area (Å²) in [6.07, 6.45) is 3.87. The third kappa shape index (κ3) is 3.82. The fourth-order valence-corrected chi connectivity index (χ4v) is 1.78. The maximum absolute atomic E-state index is 11.5. The lowest BCUT2D eigenvalue weighted by Gasteiger charge is -2.33. The Labute approximate surface area is 91.8 Å². The van der Waals surface area contributed by atoms with Crippen molar-refractivity contribution in [2.45, 2.75) is 64.6 Å². The summed E-state index contributed by atoms with van der Waals surface area (Å²) in [6.45, 7) is 5.72. The average molecular weight is 214 g/mol. The van der Waals surface area contributed by atoms with Crippen LogP contribution in [0.15, 0.2) is 0 Å². The van der Waals surface area contributed by atoms with E-state index in [1.165, 1.54) is 0 Å². The molecule has 0 heterocycles.